The second kappa shape index (κ2) is 9.60. The van der Waals surface area contributed by atoms with E-state index in [1.165, 1.54) is 20.3 Å². The van der Waals surface area contributed by atoms with Crippen molar-refractivity contribution < 1.29 is 23.8 Å². The van der Waals surface area contributed by atoms with Gasteiger partial charge in [0, 0.05) is 18.9 Å². The Balaban J connectivity index is 2.03. The van der Waals surface area contributed by atoms with Crippen LogP contribution < -0.4 is 9.64 Å². The summed E-state index contributed by atoms with van der Waals surface area (Å²) in [6.45, 7) is 3.02. The minimum atomic E-state index is -0.675. The van der Waals surface area contributed by atoms with Crippen LogP contribution in [-0.4, -0.2) is 35.9 Å². The fourth-order valence-corrected chi connectivity index (χ4v) is 3.05. The van der Waals surface area contributed by atoms with Crippen molar-refractivity contribution >= 4 is 17.6 Å². The summed E-state index contributed by atoms with van der Waals surface area (Å²) >= 11 is 0. The fourth-order valence-electron chi connectivity index (χ4n) is 3.05. The molecule has 0 unspecified atom stereocenters. The number of aryl methyl sites for hydroxylation is 1. The van der Waals surface area contributed by atoms with Gasteiger partial charge in [0.2, 0.25) is 0 Å². The molecule has 0 amide bonds. The molecule has 1 aliphatic heterocycles. The van der Waals surface area contributed by atoms with Crippen LogP contribution in [0.1, 0.15) is 12.6 Å². The smallest absolute Gasteiger partial charge is 0.355 e. The molecule has 30 heavy (non-hydrogen) atoms. The predicted molar refractivity (Wildman–Crippen MR) is 110 cm³/mol. The van der Waals surface area contributed by atoms with Crippen molar-refractivity contribution in [2.75, 3.05) is 19.1 Å². The molecule has 0 atom stereocenters. The lowest BCUT2D eigenvalue weighted by atomic mass is 10.1. The van der Waals surface area contributed by atoms with E-state index >= 15 is 0 Å². The van der Waals surface area contributed by atoms with Crippen molar-refractivity contribution in [3.63, 3.8) is 0 Å². The molecule has 0 saturated carbocycles. The summed E-state index contributed by atoms with van der Waals surface area (Å²) in [5.41, 5.74) is 1.60. The summed E-state index contributed by atoms with van der Waals surface area (Å²) in [6.07, 6.45) is 8.26. The van der Waals surface area contributed by atoms with Crippen LogP contribution in [0.25, 0.3) is 0 Å². The number of allylic oxidation sites excluding steroid dienone is 2. The van der Waals surface area contributed by atoms with Gasteiger partial charge in [-0.25, -0.2) is 9.59 Å². The first kappa shape index (κ1) is 20.9. The van der Waals surface area contributed by atoms with Crippen LogP contribution >= 0.6 is 0 Å². The minimum Gasteiger partial charge on any atom is -0.485 e. The molecule has 156 valence electrons. The highest BCUT2D eigenvalue weighted by atomic mass is 16.5. The lowest BCUT2D eigenvalue weighted by Gasteiger charge is -2.25. The van der Waals surface area contributed by atoms with Crippen LogP contribution in [0.4, 0.5) is 5.69 Å². The molecule has 1 aromatic heterocycles. The van der Waals surface area contributed by atoms with Gasteiger partial charge in [0.25, 0.3) is 0 Å². The zero-order chi connectivity index (χ0) is 21.5. The highest BCUT2D eigenvalue weighted by Crippen LogP contribution is 2.34. The molecule has 0 aliphatic carbocycles. The molecule has 8 heteroatoms. The van der Waals surface area contributed by atoms with Gasteiger partial charge in [-0.15, -0.1) is 0 Å². The Morgan fingerprint density at radius 1 is 1.03 bits per heavy atom. The maximum absolute atomic E-state index is 12.6. The second-order valence-electron chi connectivity index (χ2n) is 6.21. The predicted octanol–water partition coefficient (Wildman–Crippen LogP) is 2.97. The Bertz CT molecular complexity index is 1020. The number of ether oxygens (including phenoxy) is 3. The third kappa shape index (κ3) is 4.27. The molecule has 0 fully saturated rings. The summed E-state index contributed by atoms with van der Waals surface area (Å²) in [6, 6.07) is 9.12. The normalized spacial score (nSPS) is 13.2. The van der Waals surface area contributed by atoms with Crippen molar-refractivity contribution in [2.24, 2.45) is 0 Å². The third-order valence-electron chi connectivity index (χ3n) is 4.49. The number of anilines is 1. The number of esters is 2. The Kier molecular flexibility index (Phi) is 6.69. The number of aromatic nitrogens is 2. The van der Waals surface area contributed by atoms with Crippen molar-refractivity contribution in [1.29, 1.82) is 0 Å². The molecule has 0 radical (unpaired) electrons. The van der Waals surface area contributed by atoms with E-state index in [0.29, 0.717) is 18.0 Å². The van der Waals surface area contributed by atoms with Crippen molar-refractivity contribution in [3.8, 4) is 5.75 Å². The van der Waals surface area contributed by atoms with Gasteiger partial charge in [-0.1, -0.05) is 18.2 Å². The number of nitrogens with zero attached hydrogens (tertiary/aromatic N) is 3. The number of carbonyl (C=O) groups is 2. The first-order chi connectivity index (χ1) is 14.6. The summed E-state index contributed by atoms with van der Waals surface area (Å²) in [4.78, 5) is 26.5. The molecule has 1 aromatic carbocycles. The molecule has 0 bridgehead atoms. The van der Waals surface area contributed by atoms with E-state index < -0.39 is 11.9 Å². The highest BCUT2D eigenvalue weighted by molar-refractivity contribution is 6.05. The largest absolute Gasteiger partial charge is 0.485 e. The zero-order valence-electron chi connectivity index (χ0n) is 17.1. The van der Waals surface area contributed by atoms with Gasteiger partial charge >= 0.3 is 11.9 Å². The Morgan fingerprint density at radius 3 is 2.53 bits per heavy atom. The Morgan fingerprint density at radius 2 is 1.80 bits per heavy atom. The number of hydrogen-bond acceptors (Lipinski definition) is 7. The molecule has 2 heterocycles. The minimum absolute atomic E-state index is 0.0315. The van der Waals surface area contributed by atoms with Gasteiger partial charge in [0.15, 0.2) is 0 Å². The number of rotatable bonds is 7. The van der Waals surface area contributed by atoms with E-state index in [1.54, 1.807) is 41.6 Å². The molecular formula is C22H23N3O5. The maximum atomic E-state index is 12.6. The highest BCUT2D eigenvalue weighted by Gasteiger charge is 2.28. The van der Waals surface area contributed by atoms with Gasteiger partial charge < -0.3 is 19.1 Å². The maximum Gasteiger partial charge on any atom is 0.355 e. The quantitative estimate of drug-likeness (QED) is 0.650. The summed E-state index contributed by atoms with van der Waals surface area (Å²) < 4.78 is 17.7. The summed E-state index contributed by atoms with van der Waals surface area (Å²) in [5.74, 6) is -0.797. The van der Waals surface area contributed by atoms with E-state index in [9.17, 15) is 9.59 Å². The Labute approximate surface area is 174 Å². The second-order valence-corrected chi connectivity index (χ2v) is 6.21. The monoisotopic (exact) mass is 409 g/mol. The average molecular weight is 409 g/mol. The SMILES string of the molecule is CCn1nccc1COc1ccccc1N1C=CC=CC(C(=O)OC)=C1C(=O)OC. The van der Waals surface area contributed by atoms with Crippen LogP contribution in [-0.2, 0) is 32.2 Å². The van der Waals surface area contributed by atoms with E-state index in [-0.39, 0.29) is 11.3 Å². The number of para-hydroxylation sites is 2. The lowest BCUT2D eigenvalue weighted by Crippen LogP contribution is -2.27. The summed E-state index contributed by atoms with van der Waals surface area (Å²) in [7, 11) is 2.52. The topological polar surface area (TPSA) is 82.9 Å². The number of carbonyl (C=O) groups excluding carboxylic acids is 2. The average Bonchev–Trinajstić information content (AvgIpc) is 3.13. The fraction of sp³-hybridized carbons (Fsp3) is 0.227. The number of hydrogen-bond donors (Lipinski definition) is 0. The van der Waals surface area contributed by atoms with Crippen molar-refractivity contribution in [3.05, 3.63) is 77.9 Å². The van der Waals surface area contributed by atoms with E-state index in [2.05, 4.69) is 5.10 Å². The van der Waals surface area contributed by atoms with Gasteiger partial charge in [-0.3, -0.25) is 4.68 Å². The molecule has 0 saturated heterocycles. The van der Waals surface area contributed by atoms with Gasteiger partial charge in [0.1, 0.15) is 18.1 Å². The van der Waals surface area contributed by atoms with E-state index in [4.69, 9.17) is 14.2 Å². The zero-order valence-corrected chi connectivity index (χ0v) is 17.1. The third-order valence-corrected chi connectivity index (χ3v) is 4.49. The summed E-state index contributed by atoms with van der Waals surface area (Å²) in [5, 5.41) is 4.24. The molecule has 0 spiro atoms. The van der Waals surface area contributed by atoms with E-state index in [1.807, 2.05) is 29.8 Å². The van der Waals surface area contributed by atoms with Gasteiger partial charge in [0.05, 0.1) is 31.2 Å². The molecule has 0 N–H and O–H groups in total. The van der Waals surface area contributed by atoms with Crippen molar-refractivity contribution in [1.82, 2.24) is 9.78 Å². The molecular weight excluding hydrogens is 386 g/mol. The number of methoxy groups -OCH3 is 2. The van der Waals surface area contributed by atoms with Gasteiger partial charge in [-0.05, 0) is 37.3 Å². The molecule has 1 aliphatic rings. The standard InChI is InChI=1S/C22H23N3O5/c1-4-25-16(12-13-23-25)15-30-19-11-6-5-10-18(19)24-14-8-7-9-17(21(26)28-2)20(24)22(27)29-3/h5-14H,4,15H2,1-3H3. The van der Waals surface area contributed by atoms with Crippen LogP contribution in [0.15, 0.2) is 72.2 Å². The molecule has 8 nitrogen and oxygen atoms in total. The van der Waals surface area contributed by atoms with Crippen LogP contribution in [0.2, 0.25) is 0 Å². The lowest BCUT2D eigenvalue weighted by molar-refractivity contribution is -0.139. The number of benzene rings is 1. The Hall–Kier alpha value is -3.81. The van der Waals surface area contributed by atoms with E-state index in [0.717, 1.165) is 12.2 Å². The van der Waals surface area contributed by atoms with Crippen LogP contribution in [0.5, 0.6) is 5.75 Å². The molecule has 3 rings (SSSR count). The van der Waals surface area contributed by atoms with Crippen LogP contribution in [0, 0.1) is 0 Å². The van der Waals surface area contributed by atoms with Crippen LogP contribution in [0.3, 0.4) is 0 Å². The van der Waals surface area contributed by atoms with Gasteiger partial charge in [-0.2, -0.15) is 5.10 Å². The van der Waals surface area contributed by atoms with Crippen molar-refractivity contribution in [2.45, 2.75) is 20.1 Å². The molecule has 2 aromatic rings. The first-order valence-corrected chi connectivity index (χ1v) is 9.38. The first-order valence-electron chi connectivity index (χ1n) is 9.38.